The Morgan fingerprint density at radius 3 is 2.79 bits per heavy atom. The van der Waals surface area contributed by atoms with E-state index >= 15 is 0 Å². The van der Waals surface area contributed by atoms with Gasteiger partial charge < -0.3 is 29.3 Å². The van der Waals surface area contributed by atoms with E-state index in [2.05, 4.69) is 15.6 Å². The van der Waals surface area contributed by atoms with Gasteiger partial charge in [-0.25, -0.2) is 4.99 Å². The maximum absolute atomic E-state index is 10.7. The lowest BCUT2D eigenvalue weighted by Gasteiger charge is -2.24. The van der Waals surface area contributed by atoms with Crippen molar-refractivity contribution in [3.63, 3.8) is 0 Å². The molecule has 8 heteroatoms. The molecule has 3 rings (SSSR count). The van der Waals surface area contributed by atoms with E-state index in [0.717, 1.165) is 37.4 Å². The fourth-order valence-electron chi connectivity index (χ4n) is 3.15. The first-order chi connectivity index (χ1) is 13.5. The van der Waals surface area contributed by atoms with Crippen molar-refractivity contribution in [1.29, 1.82) is 0 Å². The Bertz CT molecular complexity index is 737. The van der Waals surface area contributed by atoms with Gasteiger partial charge in [0.25, 0.3) is 0 Å². The first-order valence-electron chi connectivity index (χ1n) is 9.98. The largest absolute Gasteiger partial charge is 0.469 e. The monoisotopic (exact) mass is 517 g/mol. The van der Waals surface area contributed by atoms with E-state index in [1.165, 1.54) is 6.42 Å². The number of hydrogen-bond donors (Lipinski definition) is 3. The molecule has 29 heavy (non-hydrogen) atoms. The van der Waals surface area contributed by atoms with Gasteiger partial charge in [-0.05, 0) is 57.4 Å². The molecule has 2 atom stereocenters. The number of ether oxygens (including phenoxy) is 1. The molecule has 162 valence electrons. The molecule has 0 amide bonds. The molecule has 3 N–H and O–H groups in total. The van der Waals surface area contributed by atoms with Crippen LogP contribution in [0.2, 0.25) is 0 Å². The molecule has 1 saturated heterocycles. The van der Waals surface area contributed by atoms with Crippen molar-refractivity contribution in [2.75, 3.05) is 26.2 Å². The normalized spacial score (nSPS) is 19.3. The number of hydrogen-bond acceptors (Lipinski definition) is 5. The van der Waals surface area contributed by atoms with E-state index in [0.29, 0.717) is 24.8 Å². The summed E-state index contributed by atoms with van der Waals surface area (Å²) in [6.45, 7) is 5.93. The minimum Gasteiger partial charge on any atom is -0.469 e. The molecule has 0 bridgehead atoms. The number of halogens is 1. The minimum atomic E-state index is -1.18. The standard InChI is InChI=1S/C21H31N3O4.HI/c1-16-8-9-19(28-16)21(2,25)15-24-20(22-11-10-17-7-5-13-26-17)23-14-18-6-3-4-12-27-18;/h5,7-9,13,18,25H,3-4,6,10-12,14-15H2,1-2H3,(H2,22,23,24);1H. The highest BCUT2D eigenvalue weighted by atomic mass is 127. The number of nitrogens with one attached hydrogen (secondary N) is 2. The van der Waals surface area contributed by atoms with E-state index in [1.807, 2.05) is 25.1 Å². The molecule has 2 aromatic heterocycles. The summed E-state index contributed by atoms with van der Waals surface area (Å²) in [5, 5.41) is 17.4. The van der Waals surface area contributed by atoms with E-state index < -0.39 is 5.60 Å². The highest BCUT2D eigenvalue weighted by molar-refractivity contribution is 14.0. The van der Waals surface area contributed by atoms with E-state index in [9.17, 15) is 5.11 Å². The van der Waals surface area contributed by atoms with E-state index in [4.69, 9.17) is 13.6 Å². The van der Waals surface area contributed by atoms with Gasteiger partial charge >= 0.3 is 0 Å². The lowest BCUT2D eigenvalue weighted by atomic mass is 10.0. The Hall–Kier alpha value is -1.52. The van der Waals surface area contributed by atoms with Gasteiger partial charge in [0, 0.05) is 26.1 Å². The molecule has 0 aliphatic carbocycles. The number of aliphatic hydroxyl groups is 1. The molecular formula is C21H32IN3O4. The van der Waals surface area contributed by atoms with Crippen LogP contribution in [0.4, 0.5) is 0 Å². The molecule has 1 fully saturated rings. The third-order valence-electron chi connectivity index (χ3n) is 4.83. The van der Waals surface area contributed by atoms with Crippen LogP contribution < -0.4 is 10.6 Å². The summed E-state index contributed by atoms with van der Waals surface area (Å²) in [4.78, 5) is 4.58. The number of furan rings is 2. The Morgan fingerprint density at radius 1 is 1.28 bits per heavy atom. The molecule has 0 spiro atoms. The number of nitrogens with zero attached hydrogens (tertiary/aromatic N) is 1. The van der Waals surface area contributed by atoms with Crippen molar-refractivity contribution in [2.45, 2.75) is 51.2 Å². The average molecular weight is 517 g/mol. The highest BCUT2D eigenvalue weighted by Crippen LogP contribution is 2.23. The van der Waals surface area contributed by atoms with Gasteiger partial charge in [-0.3, -0.25) is 0 Å². The first-order valence-corrected chi connectivity index (χ1v) is 9.98. The molecule has 0 aromatic carbocycles. The maximum atomic E-state index is 10.7. The molecule has 0 saturated carbocycles. The molecule has 2 aromatic rings. The summed E-state index contributed by atoms with van der Waals surface area (Å²) in [7, 11) is 0. The van der Waals surface area contributed by atoms with Crippen molar-refractivity contribution in [1.82, 2.24) is 10.6 Å². The molecule has 3 heterocycles. The summed E-state index contributed by atoms with van der Waals surface area (Å²) in [6.07, 6.45) is 5.99. The number of guanidine groups is 1. The third-order valence-corrected chi connectivity index (χ3v) is 4.83. The van der Waals surface area contributed by atoms with Gasteiger partial charge in [-0.15, -0.1) is 24.0 Å². The Labute approximate surface area is 189 Å². The SMILES string of the molecule is Cc1ccc(C(C)(O)CN=C(NCCc2ccco2)NCC2CCCCO2)o1.I. The van der Waals surface area contributed by atoms with Crippen LogP contribution in [0.1, 0.15) is 43.5 Å². The summed E-state index contributed by atoms with van der Waals surface area (Å²) in [6, 6.07) is 7.46. The molecule has 0 radical (unpaired) electrons. The first kappa shape index (κ1) is 23.8. The van der Waals surface area contributed by atoms with Crippen molar-refractivity contribution in [3.8, 4) is 0 Å². The lowest BCUT2D eigenvalue weighted by Crippen LogP contribution is -2.44. The second kappa shape index (κ2) is 11.6. The topological polar surface area (TPSA) is 92.2 Å². The molecule has 7 nitrogen and oxygen atoms in total. The minimum absolute atomic E-state index is 0. The quantitative estimate of drug-likeness (QED) is 0.283. The van der Waals surface area contributed by atoms with Crippen LogP contribution in [0.15, 0.2) is 44.4 Å². The average Bonchev–Trinajstić information content (AvgIpc) is 3.36. The zero-order chi connectivity index (χ0) is 19.8. The lowest BCUT2D eigenvalue weighted by molar-refractivity contribution is 0.0193. The zero-order valence-corrected chi connectivity index (χ0v) is 19.5. The molecule has 2 unspecified atom stereocenters. The van der Waals surface area contributed by atoms with Crippen molar-refractivity contribution < 1.29 is 18.7 Å². The fraction of sp³-hybridized carbons (Fsp3) is 0.571. The van der Waals surface area contributed by atoms with Crippen LogP contribution in [0, 0.1) is 6.92 Å². The second-order valence-electron chi connectivity index (χ2n) is 7.47. The van der Waals surface area contributed by atoms with Crippen LogP contribution in [0.25, 0.3) is 0 Å². The Morgan fingerprint density at radius 2 is 2.14 bits per heavy atom. The van der Waals surface area contributed by atoms with Gasteiger partial charge in [0.15, 0.2) is 5.96 Å². The molecular weight excluding hydrogens is 485 g/mol. The van der Waals surface area contributed by atoms with Gasteiger partial charge in [-0.1, -0.05) is 0 Å². The van der Waals surface area contributed by atoms with Crippen LogP contribution in [0.5, 0.6) is 0 Å². The van der Waals surface area contributed by atoms with Crippen molar-refractivity contribution in [2.24, 2.45) is 4.99 Å². The third kappa shape index (κ3) is 7.67. The van der Waals surface area contributed by atoms with Gasteiger partial charge in [0.1, 0.15) is 22.9 Å². The van der Waals surface area contributed by atoms with Crippen LogP contribution in [-0.4, -0.2) is 43.4 Å². The van der Waals surface area contributed by atoms with Crippen LogP contribution in [0.3, 0.4) is 0 Å². The molecule has 1 aliphatic rings. The Kier molecular flexibility index (Phi) is 9.51. The van der Waals surface area contributed by atoms with E-state index in [-0.39, 0.29) is 36.6 Å². The fourth-order valence-corrected chi connectivity index (χ4v) is 3.15. The van der Waals surface area contributed by atoms with Crippen molar-refractivity contribution >= 4 is 29.9 Å². The van der Waals surface area contributed by atoms with Crippen molar-refractivity contribution in [3.05, 3.63) is 47.8 Å². The predicted octanol–water partition coefficient (Wildman–Crippen LogP) is 3.35. The number of aryl methyl sites for hydroxylation is 1. The smallest absolute Gasteiger partial charge is 0.191 e. The number of rotatable bonds is 8. The highest BCUT2D eigenvalue weighted by Gasteiger charge is 2.27. The van der Waals surface area contributed by atoms with Gasteiger partial charge in [0.2, 0.25) is 0 Å². The predicted molar refractivity (Wildman–Crippen MR) is 123 cm³/mol. The van der Waals surface area contributed by atoms with Crippen LogP contribution in [-0.2, 0) is 16.8 Å². The zero-order valence-electron chi connectivity index (χ0n) is 17.1. The Balaban J connectivity index is 0.00000300. The summed E-state index contributed by atoms with van der Waals surface area (Å²) in [5.74, 6) is 2.84. The van der Waals surface area contributed by atoms with Crippen LogP contribution >= 0.6 is 24.0 Å². The van der Waals surface area contributed by atoms with E-state index in [1.54, 1.807) is 19.3 Å². The molecule has 1 aliphatic heterocycles. The second-order valence-corrected chi connectivity index (χ2v) is 7.47. The summed E-state index contributed by atoms with van der Waals surface area (Å²) < 4.78 is 16.7. The maximum Gasteiger partial charge on any atom is 0.191 e. The summed E-state index contributed by atoms with van der Waals surface area (Å²) >= 11 is 0. The number of aliphatic imine (C=N–C) groups is 1. The van der Waals surface area contributed by atoms with Gasteiger partial charge in [0.05, 0.1) is 18.9 Å². The summed E-state index contributed by atoms with van der Waals surface area (Å²) in [5.41, 5.74) is -1.18. The van der Waals surface area contributed by atoms with Gasteiger partial charge in [-0.2, -0.15) is 0 Å².